The Morgan fingerprint density at radius 1 is 1.08 bits per heavy atom. The average molecular weight is 328 g/mol. The molecule has 4 heteroatoms. The summed E-state index contributed by atoms with van der Waals surface area (Å²) < 4.78 is 0. The molecule has 0 heterocycles. The van der Waals surface area contributed by atoms with Crippen LogP contribution in [0.15, 0.2) is 23.8 Å². The van der Waals surface area contributed by atoms with Crippen LogP contribution in [0.4, 0.5) is 11.4 Å². The maximum absolute atomic E-state index is 12.7. The largest absolute Gasteiger partial charge is 0.326 e. The molecule has 1 saturated carbocycles. The Bertz CT molecular complexity index is 713. The van der Waals surface area contributed by atoms with Crippen LogP contribution in [0.25, 0.3) is 0 Å². The third-order valence-electron chi connectivity index (χ3n) is 4.94. The van der Waals surface area contributed by atoms with E-state index in [4.69, 9.17) is 0 Å². The quantitative estimate of drug-likeness (QED) is 0.803. The Morgan fingerprint density at radius 2 is 1.71 bits per heavy atom. The molecule has 0 spiro atoms. The van der Waals surface area contributed by atoms with Crippen LogP contribution in [0.5, 0.6) is 0 Å². The highest BCUT2D eigenvalue weighted by molar-refractivity contribution is 5.98. The van der Waals surface area contributed by atoms with Crippen molar-refractivity contribution in [1.29, 1.82) is 0 Å². The topological polar surface area (TPSA) is 58.2 Å². The first-order valence-corrected chi connectivity index (χ1v) is 8.39. The molecular weight excluding hydrogens is 300 g/mol. The monoisotopic (exact) mass is 328 g/mol. The molecule has 1 fully saturated rings. The van der Waals surface area contributed by atoms with Crippen LogP contribution in [0.2, 0.25) is 0 Å². The summed E-state index contributed by atoms with van der Waals surface area (Å²) in [5.74, 6) is 0.195. The van der Waals surface area contributed by atoms with Gasteiger partial charge in [0.1, 0.15) is 0 Å². The molecule has 130 valence electrons. The predicted molar refractivity (Wildman–Crippen MR) is 99.0 cm³/mol. The highest BCUT2D eigenvalue weighted by Crippen LogP contribution is 2.59. The Morgan fingerprint density at radius 3 is 2.25 bits per heavy atom. The molecule has 2 atom stereocenters. The minimum absolute atomic E-state index is 0.0135. The molecule has 0 aromatic heterocycles. The Labute approximate surface area is 144 Å². The van der Waals surface area contributed by atoms with Gasteiger partial charge < -0.3 is 10.6 Å². The van der Waals surface area contributed by atoms with E-state index in [0.717, 1.165) is 22.5 Å². The minimum Gasteiger partial charge on any atom is -0.326 e. The Kier molecular flexibility index (Phi) is 4.88. The van der Waals surface area contributed by atoms with Crippen molar-refractivity contribution in [3.05, 3.63) is 34.9 Å². The third-order valence-corrected chi connectivity index (χ3v) is 4.94. The smallest absolute Gasteiger partial charge is 0.228 e. The molecule has 2 amide bonds. The number of anilines is 2. The lowest BCUT2D eigenvalue weighted by Gasteiger charge is -2.15. The molecule has 0 aliphatic heterocycles. The van der Waals surface area contributed by atoms with E-state index >= 15 is 0 Å². The van der Waals surface area contributed by atoms with Crippen molar-refractivity contribution in [3.8, 4) is 0 Å². The number of nitrogens with one attached hydrogen (secondary N) is 2. The minimum atomic E-state index is -0.114. The van der Waals surface area contributed by atoms with Crippen LogP contribution in [-0.4, -0.2) is 11.8 Å². The molecule has 24 heavy (non-hydrogen) atoms. The Hall–Kier alpha value is -2.10. The number of hydrogen-bond acceptors (Lipinski definition) is 2. The van der Waals surface area contributed by atoms with Gasteiger partial charge in [-0.15, -0.1) is 0 Å². The standard InChI is InChI=1S/C20H28N2O2/c1-11(2)10-15-17(20(15,6)7)19(24)22-16-9-8-12(3)18(13(16)4)21-14(5)23/h8-10,15,17H,1-7H3,(H,21,23)(H,22,24)/t15-,17+/m1/s1. The van der Waals surface area contributed by atoms with Crippen LogP contribution in [0.1, 0.15) is 45.7 Å². The number of allylic oxidation sites excluding steroid dienone is 2. The van der Waals surface area contributed by atoms with E-state index in [-0.39, 0.29) is 29.1 Å². The van der Waals surface area contributed by atoms with Crippen molar-refractivity contribution >= 4 is 23.2 Å². The van der Waals surface area contributed by atoms with Gasteiger partial charge in [-0.1, -0.05) is 31.6 Å². The van der Waals surface area contributed by atoms with Crippen LogP contribution >= 0.6 is 0 Å². The molecular formula is C20H28N2O2. The summed E-state index contributed by atoms with van der Waals surface area (Å²) >= 11 is 0. The maximum Gasteiger partial charge on any atom is 0.228 e. The molecule has 0 bridgehead atoms. The van der Waals surface area contributed by atoms with Crippen LogP contribution in [0, 0.1) is 31.1 Å². The lowest BCUT2D eigenvalue weighted by Crippen LogP contribution is -2.18. The zero-order chi connectivity index (χ0) is 18.2. The van der Waals surface area contributed by atoms with Crippen molar-refractivity contribution in [2.75, 3.05) is 10.6 Å². The van der Waals surface area contributed by atoms with E-state index in [0.29, 0.717) is 0 Å². The van der Waals surface area contributed by atoms with Crippen molar-refractivity contribution in [2.24, 2.45) is 17.3 Å². The summed E-state index contributed by atoms with van der Waals surface area (Å²) in [6.45, 7) is 13.7. The second kappa shape index (κ2) is 6.42. The van der Waals surface area contributed by atoms with Gasteiger partial charge >= 0.3 is 0 Å². The van der Waals surface area contributed by atoms with E-state index in [1.54, 1.807) is 0 Å². The maximum atomic E-state index is 12.7. The van der Waals surface area contributed by atoms with Crippen molar-refractivity contribution in [1.82, 2.24) is 0 Å². The van der Waals surface area contributed by atoms with E-state index in [9.17, 15) is 9.59 Å². The first-order chi connectivity index (χ1) is 11.1. The van der Waals surface area contributed by atoms with Crippen molar-refractivity contribution in [3.63, 3.8) is 0 Å². The number of amides is 2. The number of carbonyl (C=O) groups is 2. The molecule has 4 nitrogen and oxygen atoms in total. The molecule has 0 saturated heterocycles. The van der Waals surface area contributed by atoms with Crippen LogP contribution in [0.3, 0.4) is 0 Å². The van der Waals surface area contributed by atoms with Gasteiger partial charge in [-0.3, -0.25) is 9.59 Å². The summed E-state index contributed by atoms with van der Waals surface area (Å²) in [6, 6.07) is 3.82. The van der Waals surface area contributed by atoms with Gasteiger partial charge in [0, 0.05) is 18.3 Å². The number of hydrogen-bond donors (Lipinski definition) is 2. The number of rotatable bonds is 4. The highest BCUT2D eigenvalue weighted by atomic mass is 16.2. The first-order valence-electron chi connectivity index (χ1n) is 8.39. The normalized spacial score (nSPS) is 21.0. The van der Waals surface area contributed by atoms with Gasteiger partial charge in [0.15, 0.2) is 0 Å². The molecule has 1 aliphatic rings. The Balaban J connectivity index is 2.22. The second-order valence-electron chi connectivity index (χ2n) is 7.67. The van der Waals surface area contributed by atoms with Gasteiger partial charge in [0.25, 0.3) is 0 Å². The molecule has 2 N–H and O–H groups in total. The second-order valence-corrected chi connectivity index (χ2v) is 7.67. The van der Waals surface area contributed by atoms with Gasteiger partial charge in [-0.2, -0.15) is 0 Å². The van der Waals surface area contributed by atoms with E-state index in [2.05, 4.69) is 44.4 Å². The zero-order valence-electron chi connectivity index (χ0n) is 15.7. The van der Waals surface area contributed by atoms with Gasteiger partial charge in [0.05, 0.1) is 5.92 Å². The fourth-order valence-electron chi connectivity index (χ4n) is 3.41. The molecule has 0 radical (unpaired) electrons. The number of aryl methyl sites for hydroxylation is 1. The predicted octanol–water partition coefficient (Wildman–Crippen LogP) is 4.44. The SMILES string of the molecule is CC(=O)Nc1c(C)ccc(NC(=O)[C@@H]2[C@@H](C=C(C)C)C2(C)C)c1C. The third kappa shape index (κ3) is 3.53. The van der Waals surface area contributed by atoms with Crippen LogP contribution < -0.4 is 10.6 Å². The van der Waals surface area contributed by atoms with Crippen molar-refractivity contribution in [2.45, 2.75) is 48.5 Å². The fraction of sp³-hybridized carbons (Fsp3) is 0.500. The van der Waals surface area contributed by atoms with E-state index < -0.39 is 0 Å². The summed E-state index contributed by atoms with van der Waals surface area (Å²) in [6.07, 6.45) is 2.19. The summed E-state index contributed by atoms with van der Waals surface area (Å²) in [5.41, 5.74) is 4.62. The van der Waals surface area contributed by atoms with Gasteiger partial charge in [-0.05, 0) is 56.2 Å². The highest BCUT2D eigenvalue weighted by Gasteiger charge is 2.60. The number of carbonyl (C=O) groups excluding carboxylic acids is 2. The lowest BCUT2D eigenvalue weighted by atomic mass is 10.1. The molecule has 1 aliphatic carbocycles. The summed E-state index contributed by atoms with van der Waals surface area (Å²) in [4.78, 5) is 24.1. The lowest BCUT2D eigenvalue weighted by molar-refractivity contribution is -0.118. The van der Waals surface area contributed by atoms with Gasteiger partial charge in [0.2, 0.25) is 11.8 Å². The summed E-state index contributed by atoms with van der Waals surface area (Å²) in [5, 5.41) is 5.90. The van der Waals surface area contributed by atoms with Crippen molar-refractivity contribution < 1.29 is 9.59 Å². The molecule has 1 aromatic carbocycles. The van der Waals surface area contributed by atoms with Gasteiger partial charge in [-0.25, -0.2) is 0 Å². The first kappa shape index (κ1) is 18.2. The molecule has 1 aromatic rings. The summed E-state index contributed by atoms with van der Waals surface area (Å²) in [7, 11) is 0. The zero-order valence-corrected chi connectivity index (χ0v) is 15.7. The average Bonchev–Trinajstić information content (AvgIpc) is 2.98. The van der Waals surface area contributed by atoms with Crippen LogP contribution in [-0.2, 0) is 9.59 Å². The fourth-order valence-corrected chi connectivity index (χ4v) is 3.41. The van der Waals surface area contributed by atoms with E-state index in [1.165, 1.54) is 12.5 Å². The molecule has 2 rings (SSSR count). The molecule has 0 unspecified atom stereocenters. The number of benzene rings is 1. The van der Waals surface area contributed by atoms with E-state index in [1.807, 2.05) is 26.0 Å².